The van der Waals surface area contributed by atoms with Crippen LogP contribution in [-0.2, 0) is 4.79 Å². The second-order valence-electron chi connectivity index (χ2n) is 4.70. The van der Waals surface area contributed by atoms with Gasteiger partial charge in [0.25, 0.3) is 0 Å². The smallest absolute Gasteiger partial charge is 0.311 e. The molecule has 21 heavy (non-hydrogen) atoms. The second kappa shape index (κ2) is 6.22. The van der Waals surface area contributed by atoms with Crippen molar-refractivity contribution in [1.29, 1.82) is 0 Å². The number of hydrogen-bond donors (Lipinski definition) is 2. The SMILES string of the molecule is C=CCC(C(=O)O)c1ccc(-c2ccc(O)c(F)c2)cc1. The lowest BCUT2D eigenvalue weighted by Crippen LogP contribution is -2.10. The van der Waals surface area contributed by atoms with E-state index < -0.39 is 23.5 Å². The molecule has 0 fully saturated rings. The summed E-state index contributed by atoms with van der Waals surface area (Å²) >= 11 is 0. The number of hydrogen-bond acceptors (Lipinski definition) is 2. The summed E-state index contributed by atoms with van der Waals surface area (Å²) < 4.78 is 13.3. The van der Waals surface area contributed by atoms with Crippen molar-refractivity contribution in [3.8, 4) is 16.9 Å². The van der Waals surface area contributed by atoms with Gasteiger partial charge in [0.15, 0.2) is 11.6 Å². The van der Waals surface area contributed by atoms with Gasteiger partial charge >= 0.3 is 5.97 Å². The summed E-state index contributed by atoms with van der Waals surface area (Å²) in [4.78, 5) is 11.2. The Bertz CT molecular complexity index is 662. The number of benzene rings is 2. The number of aliphatic carboxylic acids is 1. The fourth-order valence-electron chi connectivity index (χ4n) is 2.14. The Morgan fingerprint density at radius 3 is 2.33 bits per heavy atom. The largest absolute Gasteiger partial charge is 0.505 e. The zero-order valence-corrected chi connectivity index (χ0v) is 11.3. The fraction of sp³-hybridized carbons (Fsp3) is 0.118. The van der Waals surface area contributed by atoms with Crippen LogP contribution in [0.4, 0.5) is 4.39 Å². The van der Waals surface area contributed by atoms with E-state index in [1.54, 1.807) is 36.4 Å². The highest BCUT2D eigenvalue weighted by Gasteiger charge is 2.18. The molecule has 0 aromatic heterocycles. The van der Waals surface area contributed by atoms with Crippen LogP contribution in [0.3, 0.4) is 0 Å². The first-order valence-electron chi connectivity index (χ1n) is 6.45. The molecule has 0 saturated heterocycles. The summed E-state index contributed by atoms with van der Waals surface area (Å²) in [6.45, 7) is 3.56. The quantitative estimate of drug-likeness (QED) is 0.818. The topological polar surface area (TPSA) is 57.5 Å². The number of allylic oxidation sites excluding steroid dienone is 1. The van der Waals surface area contributed by atoms with E-state index in [1.807, 2.05) is 0 Å². The first kappa shape index (κ1) is 14.8. The number of carbonyl (C=O) groups is 1. The van der Waals surface area contributed by atoms with E-state index in [-0.39, 0.29) is 0 Å². The monoisotopic (exact) mass is 286 g/mol. The minimum Gasteiger partial charge on any atom is -0.505 e. The molecule has 0 aliphatic rings. The lowest BCUT2D eigenvalue weighted by atomic mass is 9.94. The number of carboxylic acid groups (broad SMARTS) is 1. The van der Waals surface area contributed by atoms with E-state index in [2.05, 4.69) is 6.58 Å². The van der Waals surface area contributed by atoms with Gasteiger partial charge in [0.2, 0.25) is 0 Å². The van der Waals surface area contributed by atoms with Crippen LogP contribution >= 0.6 is 0 Å². The molecule has 2 N–H and O–H groups in total. The van der Waals surface area contributed by atoms with Gasteiger partial charge in [0, 0.05) is 0 Å². The van der Waals surface area contributed by atoms with E-state index in [4.69, 9.17) is 0 Å². The third kappa shape index (κ3) is 3.28. The van der Waals surface area contributed by atoms with Gasteiger partial charge in [-0.05, 0) is 35.2 Å². The average molecular weight is 286 g/mol. The van der Waals surface area contributed by atoms with Crippen molar-refractivity contribution in [2.75, 3.05) is 0 Å². The molecule has 0 bridgehead atoms. The predicted molar refractivity (Wildman–Crippen MR) is 78.7 cm³/mol. The molecule has 0 amide bonds. The van der Waals surface area contributed by atoms with Crippen LogP contribution in [-0.4, -0.2) is 16.2 Å². The van der Waals surface area contributed by atoms with Gasteiger partial charge < -0.3 is 10.2 Å². The molecule has 2 aromatic rings. The number of halogens is 1. The third-order valence-corrected chi connectivity index (χ3v) is 3.29. The number of carboxylic acids is 1. The van der Waals surface area contributed by atoms with E-state index in [0.29, 0.717) is 17.5 Å². The average Bonchev–Trinajstić information content (AvgIpc) is 2.47. The third-order valence-electron chi connectivity index (χ3n) is 3.29. The highest BCUT2D eigenvalue weighted by molar-refractivity contribution is 5.77. The summed E-state index contributed by atoms with van der Waals surface area (Å²) in [6.07, 6.45) is 1.92. The van der Waals surface area contributed by atoms with Crippen molar-refractivity contribution in [2.24, 2.45) is 0 Å². The minimum absolute atomic E-state index is 0.350. The fourth-order valence-corrected chi connectivity index (χ4v) is 2.14. The highest BCUT2D eigenvalue weighted by atomic mass is 19.1. The van der Waals surface area contributed by atoms with Crippen molar-refractivity contribution in [3.05, 3.63) is 66.5 Å². The summed E-state index contributed by atoms with van der Waals surface area (Å²) in [5, 5.41) is 18.4. The molecule has 0 saturated carbocycles. The number of rotatable bonds is 5. The molecule has 3 nitrogen and oxygen atoms in total. The Morgan fingerprint density at radius 1 is 1.19 bits per heavy atom. The summed E-state index contributed by atoms with van der Waals surface area (Å²) in [5.41, 5.74) is 2.04. The molecule has 0 spiro atoms. The van der Waals surface area contributed by atoms with Gasteiger partial charge in [-0.3, -0.25) is 4.79 Å². The molecular formula is C17H15FO3. The van der Waals surface area contributed by atoms with E-state index in [1.165, 1.54) is 12.1 Å². The van der Waals surface area contributed by atoms with E-state index in [0.717, 1.165) is 5.56 Å². The van der Waals surface area contributed by atoms with Crippen LogP contribution < -0.4 is 0 Å². The van der Waals surface area contributed by atoms with Gasteiger partial charge in [-0.25, -0.2) is 4.39 Å². The van der Waals surface area contributed by atoms with Gasteiger partial charge in [0.1, 0.15) is 0 Å². The zero-order valence-electron chi connectivity index (χ0n) is 11.3. The zero-order chi connectivity index (χ0) is 15.4. The summed E-state index contributed by atoms with van der Waals surface area (Å²) in [6, 6.07) is 11.0. The molecule has 4 heteroatoms. The normalized spacial score (nSPS) is 11.9. The van der Waals surface area contributed by atoms with Crippen LogP contribution in [0.5, 0.6) is 5.75 Å². The van der Waals surface area contributed by atoms with Gasteiger partial charge in [-0.1, -0.05) is 36.4 Å². The highest BCUT2D eigenvalue weighted by Crippen LogP contribution is 2.27. The molecule has 2 rings (SSSR count). The maximum absolute atomic E-state index is 13.3. The van der Waals surface area contributed by atoms with E-state index >= 15 is 0 Å². The molecule has 0 radical (unpaired) electrons. The Hall–Kier alpha value is -2.62. The van der Waals surface area contributed by atoms with Crippen LogP contribution in [0.15, 0.2) is 55.1 Å². The molecule has 0 aliphatic carbocycles. The number of phenols is 1. The standard InChI is InChI=1S/C17H15FO3/c1-2-3-14(17(20)21)12-6-4-11(5-7-12)13-8-9-16(19)15(18)10-13/h2,4-10,14,19H,1,3H2,(H,20,21). The van der Waals surface area contributed by atoms with Crippen LogP contribution in [0.1, 0.15) is 17.9 Å². The van der Waals surface area contributed by atoms with Gasteiger partial charge in [-0.2, -0.15) is 0 Å². The second-order valence-corrected chi connectivity index (χ2v) is 4.70. The number of aromatic hydroxyl groups is 1. The van der Waals surface area contributed by atoms with Crippen molar-refractivity contribution in [1.82, 2.24) is 0 Å². The first-order valence-corrected chi connectivity index (χ1v) is 6.45. The summed E-state index contributed by atoms with van der Waals surface area (Å²) in [7, 11) is 0. The maximum Gasteiger partial charge on any atom is 0.311 e. The first-order chi connectivity index (χ1) is 10.0. The van der Waals surface area contributed by atoms with Crippen LogP contribution in [0.2, 0.25) is 0 Å². The van der Waals surface area contributed by atoms with Crippen LogP contribution in [0, 0.1) is 5.82 Å². The lowest BCUT2D eigenvalue weighted by Gasteiger charge is -2.11. The Morgan fingerprint density at radius 2 is 1.81 bits per heavy atom. The van der Waals surface area contributed by atoms with Gasteiger partial charge in [-0.15, -0.1) is 6.58 Å². The van der Waals surface area contributed by atoms with Crippen molar-refractivity contribution in [2.45, 2.75) is 12.3 Å². The molecule has 0 heterocycles. The number of phenolic OH excluding ortho intramolecular Hbond substituents is 1. The maximum atomic E-state index is 13.3. The Balaban J connectivity index is 2.31. The van der Waals surface area contributed by atoms with Crippen LogP contribution in [0.25, 0.3) is 11.1 Å². The molecule has 1 atom stereocenters. The molecule has 1 unspecified atom stereocenters. The van der Waals surface area contributed by atoms with Crippen molar-refractivity contribution >= 4 is 5.97 Å². The molecule has 0 aliphatic heterocycles. The van der Waals surface area contributed by atoms with Crippen molar-refractivity contribution in [3.63, 3.8) is 0 Å². The lowest BCUT2D eigenvalue weighted by molar-refractivity contribution is -0.138. The minimum atomic E-state index is -0.904. The van der Waals surface area contributed by atoms with E-state index in [9.17, 15) is 19.4 Å². The molecule has 108 valence electrons. The predicted octanol–water partition coefficient (Wildman–Crippen LogP) is 3.94. The molecular weight excluding hydrogens is 271 g/mol. The molecule has 2 aromatic carbocycles. The Kier molecular flexibility index (Phi) is 4.38. The Labute approximate surface area is 122 Å². The van der Waals surface area contributed by atoms with Gasteiger partial charge in [0.05, 0.1) is 5.92 Å². The van der Waals surface area contributed by atoms with Crippen molar-refractivity contribution < 1.29 is 19.4 Å². The summed E-state index contributed by atoms with van der Waals surface area (Å²) in [5.74, 6) is -2.62.